The normalized spacial score (nSPS) is 15.0. The summed E-state index contributed by atoms with van der Waals surface area (Å²) in [5, 5.41) is 45.1. The molecule has 5 N–H and O–H groups in total. The van der Waals surface area contributed by atoms with E-state index in [0.29, 0.717) is 47.0 Å². The van der Waals surface area contributed by atoms with Crippen LogP contribution in [0.25, 0.3) is 0 Å². The fourth-order valence-corrected chi connectivity index (χ4v) is 8.55. The average Bonchev–Trinajstić information content (AvgIpc) is 4.22. The van der Waals surface area contributed by atoms with Gasteiger partial charge in [0.05, 0.1) is 69.0 Å². The Labute approximate surface area is 458 Å². The van der Waals surface area contributed by atoms with Crippen LogP contribution in [0.5, 0.6) is 17.2 Å². The summed E-state index contributed by atoms with van der Waals surface area (Å²) in [6.07, 6.45) is 3.79. The fraction of sp³-hybridized carbons (Fsp3) is 0.435. The number of rotatable bonds is 37. The Morgan fingerprint density at radius 2 is 1.26 bits per heavy atom. The zero-order chi connectivity index (χ0) is 57.5. The van der Waals surface area contributed by atoms with E-state index in [1.807, 2.05) is 43.3 Å². The number of nitrogens with zero attached hydrogens (tertiary/aromatic N) is 11. The van der Waals surface area contributed by atoms with E-state index in [1.54, 1.807) is 56.8 Å². The van der Waals surface area contributed by atoms with Crippen molar-refractivity contribution in [1.82, 2.24) is 35.3 Å². The molecule has 34 heteroatoms. The zero-order valence-corrected chi connectivity index (χ0v) is 46.5. The molecule has 0 aliphatic carbocycles. The molecule has 1 aliphatic rings. The zero-order valence-electron chi connectivity index (χ0n) is 43.9. The summed E-state index contributed by atoms with van der Waals surface area (Å²) in [5.41, 5.74) is 4.33. The van der Waals surface area contributed by atoms with Crippen LogP contribution in [0.2, 0.25) is 0 Å². The van der Waals surface area contributed by atoms with Gasteiger partial charge in [0.1, 0.15) is 37.3 Å². The van der Waals surface area contributed by atoms with Gasteiger partial charge >= 0.3 is 23.5 Å². The minimum absolute atomic E-state index is 0.00380. The third kappa shape index (κ3) is 22.2. The molecule has 0 spiro atoms. The first kappa shape index (κ1) is 62.7. The Kier molecular flexibility index (Phi) is 24.2. The van der Waals surface area contributed by atoms with Gasteiger partial charge in [-0.2, -0.15) is 20.5 Å². The van der Waals surface area contributed by atoms with Crippen molar-refractivity contribution in [1.29, 1.82) is 0 Å². The van der Waals surface area contributed by atoms with Crippen LogP contribution in [0.4, 0.5) is 17.1 Å². The summed E-state index contributed by atoms with van der Waals surface area (Å²) in [6, 6.07) is 17.0. The van der Waals surface area contributed by atoms with Crippen molar-refractivity contribution < 1.29 is 89.2 Å². The number of phosphoric ester groups is 3. The molecule has 80 heavy (non-hydrogen) atoms. The number of benzene rings is 3. The summed E-state index contributed by atoms with van der Waals surface area (Å²) < 4.78 is 91.6. The molecule has 5 aromatic rings. The molecular formula is C46H61N12O19P3. The van der Waals surface area contributed by atoms with E-state index in [1.165, 1.54) is 21.5 Å². The highest BCUT2D eigenvalue weighted by molar-refractivity contribution is 7.48. The van der Waals surface area contributed by atoms with Crippen LogP contribution in [-0.2, 0) is 72.9 Å². The molecule has 0 bridgehead atoms. The van der Waals surface area contributed by atoms with Gasteiger partial charge in [0.15, 0.2) is 24.1 Å². The number of azo groups is 2. The molecule has 31 nitrogen and oxygen atoms in total. The maximum atomic E-state index is 13.5. The molecule has 3 heterocycles. The summed E-state index contributed by atoms with van der Waals surface area (Å²) in [4.78, 5) is 58.1. The Balaban J connectivity index is 0.836. The number of amides is 1. The molecule has 4 atom stereocenters. The Morgan fingerprint density at radius 1 is 0.700 bits per heavy atom. The molecule has 0 radical (unpaired) electrons. The number of carbonyl (C=O) groups is 2. The largest absolute Gasteiger partial charge is 0.483 e. The van der Waals surface area contributed by atoms with Gasteiger partial charge in [0, 0.05) is 64.6 Å². The third-order valence-electron chi connectivity index (χ3n) is 10.5. The van der Waals surface area contributed by atoms with Crippen molar-refractivity contribution in [2.75, 3.05) is 85.1 Å². The number of hydrogen-bond donors (Lipinski definition) is 5. The number of hydrogen-bond acceptors (Lipinski definition) is 25. The number of carbonyl (C=O) groups excluding carboxylic acids is 2. The molecule has 0 saturated carbocycles. The Morgan fingerprint density at radius 3 is 1.81 bits per heavy atom. The predicted octanol–water partition coefficient (Wildman–Crippen LogP) is 5.83. The Bertz CT molecular complexity index is 2990. The second-order valence-electron chi connectivity index (χ2n) is 17.2. The predicted molar refractivity (Wildman–Crippen MR) is 279 cm³/mol. The maximum absolute atomic E-state index is 13.5. The highest BCUT2D eigenvalue weighted by Crippen LogP contribution is 2.49. The lowest BCUT2D eigenvalue weighted by Gasteiger charge is -2.18. The molecule has 6 rings (SSSR count). The van der Waals surface area contributed by atoms with Gasteiger partial charge in [-0.05, 0) is 79.6 Å². The van der Waals surface area contributed by atoms with Crippen molar-refractivity contribution in [2.45, 2.75) is 38.6 Å². The van der Waals surface area contributed by atoms with Crippen LogP contribution < -0.4 is 24.4 Å². The van der Waals surface area contributed by atoms with Crippen LogP contribution in [0, 0.1) is 0 Å². The number of ketones is 1. The standard InChI is InChI=1S/C46H61N12O19P3/c1-56(2)40-14-12-36(13-15-40)51-50-35-10-8-33(9-11-35)46(61)47-17-6-19-68-30-41(59)31-75-80(66,67)77-32-76-79(64,65)74-22-21-73-78(62,63)72-20-5-7-42(60)34-23-43(69-28-38-25-57(3)54-52-38)45(71-27-37-16-18-48-49-37)44(24-34)70-29-39-26-58(4)55-53-39/h8-16,23-26,41,59H,5-7,17-22,27-32H2,1-4H3,(H,47,61)(H,62,63)(H,64,65)(H,66,67). The summed E-state index contributed by atoms with van der Waals surface area (Å²) in [7, 11) is -7.44. The van der Waals surface area contributed by atoms with Gasteiger partial charge in [-0.1, -0.05) is 10.4 Å². The van der Waals surface area contributed by atoms with Crippen LogP contribution in [0.15, 0.2) is 105 Å². The molecule has 0 saturated heterocycles. The van der Waals surface area contributed by atoms with Crippen LogP contribution in [-0.4, -0.2) is 148 Å². The van der Waals surface area contributed by atoms with E-state index in [9.17, 15) is 43.1 Å². The average molecular weight is 1180 g/mol. The minimum Gasteiger partial charge on any atom is -0.483 e. The number of aryl methyl sites for hydroxylation is 2. The molecule has 4 unspecified atom stereocenters. The van der Waals surface area contributed by atoms with E-state index in [-0.39, 0.29) is 81.1 Å². The lowest BCUT2D eigenvalue weighted by Crippen LogP contribution is -2.26. The van der Waals surface area contributed by atoms with Crippen molar-refractivity contribution in [3.8, 4) is 17.2 Å². The van der Waals surface area contributed by atoms with Crippen LogP contribution in [0.1, 0.15) is 51.4 Å². The lowest BCUT2D eigenvalue weighted by atomic mass is 10.1. The number of aliphatic hydroxyl groups excluding tert-OH is 1. The van der Waals surface area contributed by atoms with Gasteiger partial charge in [-0.25, -0.2) is 13.7 Å². The second kappa shape index (κ2) is 30.9. The van der Waals surface area contributed by atoms with E-state index in [2.05, 4.69) is 64.5 Å². The fourth-order valence-electron chi connectivity index (χ4n) is 6.54. The first-order chi connectivity index (χ1) is 38.2. The first-order valence-electron chi connectivity index (χ1n) is 24.3. The molecular weight excluding hydrogens is 1120 g/mol. The van der Waals surface area contributed by atoms with Gasteiger partial charge in [0.25, 0.3) is 5.91 Å². The number of Topliss-reactive ketones (excluding diaryl/α,β-unsaturated/α-hetero) is 1. The van der Waals surface area contributed by atoms with E-state index < -0.39 is 68.6 Å². The van der Waals surface area contributed by atoms with Crippen LogP contribution >= 0.6 is 23.5 Å². The second-order valence-corrected chi connectivity index (χ2v) is 21.5. The molecule has 1 amide bonds. The van der Waals surface area contributed by atoms with Gasteiger partial charge < -0.3 is 49.0 Å². The number of phosphoric acid groups is 3. The highest BCUT2D eigenvalue weighted by Gasteiger charge is 2.29. The molecule has 3 aromatic carbocycles. The van der Waals surface area contributed by atoms with E-state index in [0.717, 1.165) is 5.69 Å². The minimum atomic E-state index is -4.99. The topological polar surface area (TPSA) is 385 Å². The lowest BCUT2D eigenvalue weighted by molar-refractivity contribution is -0.00742. The molecule has 1 aliphatic heterocycles. The summed E-state index contributed by atoms with van der Waals surface area (Å²) in [6.45, 7) is -3.71. The highest BCUT2D eigenvalue weighted by atomic mass is 31.2. The Hall–Kier alpha value is -6.53. The number of nitrogens with one attached hydrogen (secondary N) is 1. The maximum Gasteiger partial charge on any atom is 0.474 e. The molecule has 2 aromatic heterocycles. The monoisotopic (exact) mass is 1180 g/mol. The number of anilines is 1. The number of ether oxygens (including phenoxy) is 4. The quantitative estimate of drug-likeness (QED) is 0.0103. The smallest absolute Gasteiger partial charge is 0.474 e. The third-order valence-corrected chi connectivity index (χ3v) is 13.3. The van der Waals surface area contributed by atoms with Crippen molar-refractivity contribution >= 4 is 52.2 Å². The molecule has 0 fully saturated rings. The van der Waals surface area contributed by atoms with Gasteiger partial charge in [-0.3, -0.25) is 46.1 Å². The number of aliphatic hydroxyl groups is 1. The van der Waals surface area contributed by atoms with Crippen molar-refractivity contribution in [2.24, 2.45) is 34.6 Å². The van der Waals surface area contributed by atoms with E-state index >= 15 is 0 Å². The first-order valence-corrected chi connectivity index (χ1v) is 28.8. The summed E-state index contributed by atoms with van der Waals surface area (Å²) in [5.74, 6) is -0.368. The number of aromatic nitrogens is 6. The van der Waals surface area contributed by atoms with Crippen LogP contribution in [0.3, 0.4) is 0 Å². The van der Waals surface area contributed by atoms with Gasteiger partial charge in [-0.15, -0.1) is 10.2 Å². The molecule has 434 valence electrons. The SMILES string of the molecule is CN(C)c1ccc(N=Nc2ccc(C(=O)NCCCOCC(O)COP(=O)(O)OCOP(=O)(O)OCCOP(=O)(O)OCCCC(=O)c3cc(OCc4cn(C)nn4)c(OCC4=CCN=N4)c(OCc4cn(C)nn4)c3)cc2)cc1. The van der Waals surface area contributed by atoms with Crippen molar-refractivity contribution in [3.05, 3.63) is 107 Å². The summed E-state index contributed by atoms with van der Waals surface area (Å²) >= 11 is 0. The van der Waals surface area contributed by atoms with E-state index in [4.69, 9.17) is 28.0 Å². The van der Waals surface area contributed by atoms with Crippen molar-refractivity contribution in [3.63, 3.8) is 0 Å². The van der Waals surface area contributed by atoms with Gasteiger partial charge in [0.2, 0.25) is 5.75 Å².